The second-order valence-electron chi connectivity index (χ2n) is 6.78. The zero-order valence-electron chi connectivity index (χ0n) is 16.7. The summed E-state index contributed by atoms with van der Waals surface area (Å²) >= 11 is 0. The molecule has 6 heteroatoms. The first-order valence-corrected chi connectivity index (χ1v) is 9.53. The highest BCUT2D eigenvalue weighted by atomic mass is 16.6. The fraction of sp³-hybridized carbons (Fsp3) is 0.167. The van der Waals surface area contributed by atoms with Gasteiger partial charge in [0.15, 0.2) is 6.10 Å². The van der Waals surface area contributed by atoms with Crippen molar-refractivity contribution in [2.75, 3.05) is 19.5 Å². The van der Waals surface area contributed by atoms with Gasteiger partial charge in [-0.2, -0.15) is 0 Å². The van der Waals surface area contributed by atoms with Crippen LogP contribution in [0.5, 0.6) is 5.75 Å². The maximum absolute atomic E-state index is 12.0. The molecule has 30 heavy (non-hydrogen) atoms. The van der Waals surface area contributed by atoms with Gasteiger partial charge in [0.05, 0.1) is 13.2 Å². The average molecular weight is 399 g/mol. The molecule has 0 spiro atoms. The number of pyridine rings is 1. The molecule has 0 bridgehead atoms. The van der Waals surface area contributed by atoms with Gasteiger partial charge in [0.2, 0.25) is 0 Å². The molecule has 1 aliphatic heterocycles. The summed E-state index contributed by atoms with van der Waals surface area (Å²) in [7, 11) is 3.43. The largest absolute Gasteiger partial charge is 0.497 e. The number of nitrogens with zero attached hydrogens (tertiary/aromatic N) is 1. The van der Waals surface area contributed by atoms with Gasteiger partial charge < -0.3 is 20.1 Å². The van der Waals surface area contributed by atoms with Gasteiger partial charge in [-0.15, -0.1) is 0 Å². The second kappa shape index (κ2) is 8.58. The number of anilines is 1. The predicted octanol–water partition coefficient (Wildman–Crippen LogP) is 4.05. The smallest absolute Gasteiger partial charge is 0.408 e. The molecule has 3 aromatic rings. The van der Waals surface area contributed by atoms with Crippen molar-refractivity contribution in [3.05, 3.63) is 89.1 Å². The molecule has 150 valence electrons. The first kappa shape index (κ1) is 19.3. The Morgan fingerprint density at radius 3 is 2.60 bits per heavy atom. The zero-order chi connectivity index (χ0) is 20.9. The molecule has 0 radical (unpaired) electrons. The number of benzene rings is 2. The molecule has 0 unspecified atom stereocenters. The van der Waals surface area contributed by atoms with Crippen molar-refractivity contribution in [3.63, 3.8) is 0 Å². The van der Waals surface area contributed by atoms with E-state index in [-0.39, 0.29) is 6.04 Å². The van der Waals surface area contributed by atoms with E-state index in [9.17, 15) is 4.79 Å². The van der Waals surface area contributed by atoms with E-state index in [0.717, 1.165) is 28.1 Å². The number of amides is 1. The van der Waals surface area contributed by atoms with Gasteiger partial charge in [0, 0.05) is 24.4 Å². The fourth-order valence-electron chi connectivity index (χ4n) is 3.33. The van der Waals surface area contributed by atoms with E-state index in [2.05, 4.69) is 27.5 Å². The van der Waals surface area contributed by atoms with E-state index < -0.39 is 12.2 Å². The minimum absolute atomic E-state index is 0.317. The van der Waals surface area contributed by atoms with Crippen LogP contribution < -0.4 is 15.4 Å². The summed E-state index contributed by atoms with van der Waals surface area (Å²) < 4.78 is 10.9. The van der Waals surface area contributed by atoms with Crippen LogP contribution in [-0.2, 0) is 4.74 Å². The third-order valence-corrected chi connectivity index (χ3v) is 4.85. The lowest BCUT2D eigenvalue weighted by molar-refractivity contribution is 0.132. The van der Waals surface area contributed by atoms with E-state index in [0.29, 0.717) is 5.75 Å². The second-order valence-corrected chi connectivity index (χ2v) is 6.78. The van der Waals surface area contributed by atoms with Crippen LogP contribution >= 0.6 is 0 Å². The SMILES string of the molecule is CNc1ccc(C#Cc2cccc([C@H]3NC(=O)O[C@@H]3c3cccc(OC)c3)c2)cn1. The molecule has 1 aromatic heterocycles. The fourth-order valence-corrected chi connectivity index (χ4v) is 3.33. The van der Waals surface area contributed by atoms with Gasteiger partial charge >= 0.3 is 6.09 Å². The summed E-state index contributed by atoms with van der Waals surface area (Å²) in [4.78, 5) is 16.3. The highest BCUT2D eigenvalue weighted by molar-refractivity contribution is 5.71. The Kier molecular flexibility index (Phi) is 5.53. The maximum Gasteiger partial charge on any atom is 0.408 e. The number of nitrogens with one attached hydrogen (secondary N) is 2. The number of hydrogen-bond acceptors (Lipinski definition) is 5. The molecule has 1 fully saturated rings. The van der Waals surface area contributed by atoms with E-state index in [1.807, 2.05) is 67.7 Å². The molecule has 2 N–H and O–H groups in total. The predicted molar refractivity (Wildman–Crippen MR) is 114 cm³/mol. The van der Waals surface area contributed by atoms with E-state index in [4.69, 9.17) is 9.47 Å². The summed E-state index contributed by atoms with van der Waals surface area (Å²) in [6.45, 7) is 0. The van der Waals surface area contributed by atoms with Gasteiger partial charge in [-0.1, -0.05) is 36.1 Å². The highest BCUT2D eigenvalue weighted by Crippen LogP contribution is 2.37. The van der Waals surface area contributed by atoms with Gasteiger partial charge in [0.25, 0.3) is 0 Å². The summed E-state index contributed by atoms with van der Waals surface area (Å²) in [5.74, 6) is 7.79. The quantitative estimate of drug-likeness (QED) is 0.648. The van der Waals surface area contributed by atoms with Crippen LogP contribution in [0.2, 0.25) is 0 Å². The molecular formula is C24H21N3O3. The lowest BCUT2D eigenvalue weighted by Gasteiger charge is -2.18. The molecule has 0 aliphatic carbocycles. The van der Waals surface area contributed by atoms with Gasteiger partial charge in [-0.05, 0) is 47.5 Å². The van der Waals surface area contributed by atoms with Crippen molar-refractivity contribution < 1.29 is 14.3 Å². The molecule has 2 atom stereocenters. The van der Waals surface area contributed by atoms with Crippen LogP contribution in [0, 0.1) is 11.8 Å². The summed E-state index contributed by atoms with van der Waals surface area (Å²) in [5.41, 5.74) is 3.45. The van der Waals surface area contributed by atoms with E-state index in [1.165, 1.54) is 0 Å². The standard InChI is InChI=1S/C24H21N3O3/c1-25-21-12-11-17(15-26-21)10-9-16-5-3-6-18(13-16)22-23(30-24(28)27-22)19-7-4-8-20(14-19)29-2/h3-8,11-15,22-23H,1-2H3,(H,25,26)(H,27,28)/t22-,23-/m1/s1. The summed E-state index contributed by atoms with van der Waals surface area (Å²) in [6.07, 6.45) is 0.834. The molecule has 1 aliphatic rings. The van der Waals surface area contributed by atoms with Crippen LogP contribution in [0.15, 0.2) is 66.9 Å². The van der Waals surface area contributed by atoms with Crippen molar-refractivity contribution in [2.24, 2.45) is 0 Å². The van der Waals surface area contributed by atoms with E-state index in [1.54, 1.807) is 13.3 Å². The van der Waals surface area contributed by atoms with Gasteiger partial charge in [0.1, 0.15) is 11.6 Å². The summed E-state index contributed by atoms with van der Waals surface area (Å²) in [6, 6.07) is 18.8. The number of alkyl carbamates (subject to hydrolysis) is 1. The van der Waals surface area contributed by atoms with Crippen molar-refractivity contribution >= 4 is 11.9 Å². The van der Waals surface area contributed by atoms with Crippen molar-refractivity contribution in [1.82, 2.24) is 10.3 Å². The highest BCUT2D eigenvalue weighted by Gasteiger charge is 2.36. The van der Waals surface area contributed by atoms with Crippen molar-refractivity contribution in [2.45, 2.75) is 12.1 Å². The van der Waals surface area contributed by atoms with Crippen LogP contribution in [0.25, 0.3) is 0 Å². The number of ether oxygens (including phenoxy) is 2. The van der Waals surface area contributed by atoms with Crippen LogP contribution in [0.1, 0.15) is 34.4 Å². The Balaban J connectivity index is 1.60. The Labute approximate surface area is 175 Å². The first-order valence-electron chi connectivity index (χ1n) is 9.53. The number of carbonyl (C=O) groups is 1. The molecule has 4 rings (SSSR count). The summed E-state index contributed by atoms with van der Waals surface area (Å²) in [5, 5.41) is 5.88. The van der Waals surface area contributed by atoms with Crippen LogP contribution in [-0.4, -0.2) is 25.2 Å². The number of hydrogen-bond donors (Lipinski definition) is 2. The minimum Gasteiger partial charge on any atom is -0.497 e. The molecule has 6 nitrogen and oxygen atoms in total. The number of carbonyl (C=O) groups excluding carboxylic acids is 1. The minimum atomic E-state index is -0.450. The Morgan fingerprint density at radius 2 is 1.83 bits per heavy atom. The lowest BCUT2D eigenvalue weighted by Crippen LogP contribution is -2.19. The van der Waals surface area contributed by atoms with Crippen LogP contribution in [0.3, 0.4) is 0 Å². The van der Waals surface area contributed by atoms with Gasteiger partial charge in [-0.25, -0.2) is 9.78 Å². The monoisotopic (exact) mass is 399 g/mol. The Hall–Kier alpha value is -3.98. The molecule has 1 saturated heterocycles. The third kappa shape index (κ3) is 4.20. The average Bonchev–Trinajstić information content (AvgIpc) is 3.20. The van der Waals surface area contributed by atoms with Crippen LogP contribution in [0.4, 0.5) is 10.6 Å². The maximum atomic E-state index is 12.0. The number of cyclic esters (lactones) is 1. The first-order chi connectivity index (χ1) is 14.7. The third-order valence-electron chi connectivity index (χ3n) is 4.85. The number of aromatic nitrogens is 1. The number of rotatable bonds is 4. The topological polar surface area (TPSA) is 72.5 Å². The molecule has 2 aromatic carbocycles. The Morgan fingerprint density at radius 1 is 1.03 bits per heavy atom. The number of methoxy groups -OCH3 is 1. The Bertz CT molecular complexity index is 1120. The lowest BCUT2D eigenvalue weighted by atomic mass is 9.95. The van der Waals surface area contributed by atoms with Gasteiger partial charge in [-0.3, -0.25) is 0 Å². The molecule has 0 saturated carbocycles. The van der Waals surface area contributed by atoms with Crippen molar-refractivity contribution in [3.8, 4) is 17.6 Å². The molecular weight excluding hydrogens is 378 g/mol. The van der Waals surface area contributed by atoms with E-state index >= 15 is 0 Å². The van der Waals surface area contributed by atoms with Crippen molar-refractivity contribution in [1.29, 1.82) is 0 Å². The zero-order valence-corrected chi connectivity index (χ0v) is 16.7. The molecule has 2 heterocycles. The molecule has 1 amide bonds. The normalized spacial score (nSPS) is 17.3.